The average Bonchev–Trinajstić information content (AvgIpc) is 3.23. The molecule has 2 heterocycles. The third-order valence-corrected chi connectivity index (χ3v) is 3.97. The Labute approximate surface area is 114 Å². The molecule has 0 aromatic carbocycles. The molecule has 0 bridgehead atoms. The van der Waals surface area contributed by atoms with E-state index in [2.05, 4.69) is 27.5 Å². The van der Waals surface area contributed by atoms with E-state index in [1.807, 2.05) is 13.1 Å². The van der Waals surface area contributed by atoms with Crippen molar-refractivity contribution in [1.29, 1.82) is 0 Å². The van der Waals surface area contributed by atoms with E-state index < -0.39 is 0 Å². The fraction of sp³-hybridized carbons (Fsp3) is 0.714. The van der Waals surface area contributed by atoms with Crippen LogP contribution in [-0.4, -0.2) is 35.8 Å². The Bertz CT molecular complexity index is 453. The molecule has 2 fully saturated rings. The predicted molar refractivity (Wildman–Crippen MR) is 75.6 cm³/mol. The van der Waals surface area contributed by atoms with E-state index in [0.29, 0.717) is 5.92 Å². The highest BCUT2D eigenvalue weighted by Gasteiger charge is 2.30. The topological polar surface area (TPSA) is 59.1 Å². The molecule has 1 saturated carbocycles. The minimum absolute atomic E-state index is 0.0818. The van der Waals surface area contributed by atoms with Gasteiger partial charge in [0.2, 0.25) is 0 Å². The standard InChI is InChI=1S/C14H22N4O/c1-14(5-7-19-8-6-14)18-12-9-11(15-2)16-13(17-12)10-3-4-10/h9-10H,3-8H2,1-2H3,(H2,15,16,17,18). The van der Waals surface area contributed by atoms with E-state index in [1.165, 1.54) is 12.8 Å². The van der Waals surface area contributed by atoms with E-state index >= 15 is 0 Å². The van der Waals surface area contributed by atoms with Gasteiger partial charge in [-0.25, -0.2) is 9.97 Å². The maximum Gasteiger partial charge on any atom is 0.136 e. The summed E-state index contributed by atoms with van der Waals surface area (Å²) < 4.78 is 5.43. The Morgan fingerprint density at radius 2 is 1.89 bits per heavy atom. The van der Waals surface area contributed by atoms with Crippen LogP contribution in [0.4, 0.5) is 11.6 Å². The van der Waals surface area contributed by atoms with Gasteiger partial charge in [0, 0.05) is 37.8 Å². The zero-order valence-electron chi connectivity index (χ0n) is 11.7. The van der Waals surface area contributed by atoms with Crippen LogP contribution in [-0.2, 0) is 4.74 Å². The van der Waals surface area contributed by atoms with E-state index in [1.54, 1.807) is 0 Å². The van der Waals surface area contributed by atoms with Gasteiger partial charge in [0.1, 0.15) is 17.5 Å². The van der Waals surface area contributed by atoms with Gasteiger partial charge in [-0.1, -0.05) is 0 Å². The largest absolute Gasteiger partial charge is 0.381 e. The number of aromatic nitrogens is 2. The lowest BCUT2D eigenvalue weighted by atomic mass is 9.92. The Balaban J connectivity index is 1.80. The molecule has 1 aromatic heterocycles. The molecule has 0 spiro atoms. The molecule has 1 aromatic rings. The molecule has 5 heteroatoms. The molecule has 0 radical (unpaired) electrons. The van der Waals surface area contributed by atoms with E-state index in [-0.39, 0.29) is 5.54 Å². The summed E-state index contributed by atoms with van der Waals surface area (Å²) in [5.74, 6) is 3.38. The van der Waals surface area contributed by atoms with Crippen LogP contribution in [0.2, 0.25) is 0 Å². The monoisotopic (exact) mass is 262 g/mol. The normalized spacial score (nSPS) is 22.0. The van der Waals surface area contributed by atoms with Gasteiger partial charge in [0.15, 0.2) is 0 Å². The first kappa shape index (κ1) is 12.7. The average molecular weight is 262 g/mol. The number of ether oxygens (including phenoxy) is 1. The first-order valence-corrected chi connectivity index (χ1v) is 7.11. The lowest BCUT2D eigenvalue weighted by molar-refractivity contribution is 0.0657. The summed E-state index contributed by atoms with van der Waals surface area (Å²) in [6, 6.07) is 1.99. The molecule has 0 atom stereocenters. The molecule has 3 rings (SSSR count). The highest BCUT2D eigenvalue weighted by atomic mass is 16.5. The second-order valence-corrected chi connectivity index (χ2v) is 5.82. The maximum absolute atomic E-state index is 5.43. The molecule has 0 amide bonds. The second kappa shape index (κ2) is 4.96. The van der Waals surface area contributed by atoms with Crippen molar-refractivity contribution in [2.24, 2.45) is 0 Å². The van der Waals surface area contributed by atoms with Gasteiger partial charge < -0.3 is 15.4 Å². The summed E-state index contributed by atoms with van der Waals surface area (Å²) in [7, 11) is 1.90. The van der Waals surface area contributed by atoms with E-state index in [4.69, 9.17) is 4.74 Å². The van der Waals surface area contributed by atoms with Crippen molar-refractivity contribution in [2.45, 2.75) is 44.1 Å². The minimum Gasteiger partial charge on any atom is -0.381 e. The number of nitrogens with one attached hydrogen (secondary N) is 2. The second-order valence-electron chi connectivity index (χ2n) is 5.82. The number of nitrogens with zero attached hydrogens (tertiary/aromatic N) is 2. The van der Waals surface area contributed by atoms with Crippen molar-refractivity contribution in [1.82, 2.24) is 9.97 Å². The first-order valence-electron chi connectivity index (χ1n) is 7.11. The smallest absolute Gasteiger partial charge is 0.136 e. The number of anilines is 2. The van der Waals surface area contributed by atoms with E-state index in [9.17, 15) is 0 Å². The van der Waals surface area contributed by atoms with Crippen molar-refractivity contribution in [3.05, 3.63) is 11.9 Å². The van der Waals surface area contributed by atoms with Gasteiger partial charge in [-0.15, -0.1) is 0 Å². The van der Waals surface area contributed by atoms with E-state index in [0.717, 1.165) is 43.5 Å². The van der Waals surface area contributed by atoms with Crippen LogP contribution in [0.5, 0.6) is 0 Å². The van der Waals surface area contributed by atoms with Crippen molar-refractivity contribution in [3.63, 3.8) is 0 Å². The number of hydrogen-bond donors (Lipinski definition) is 2. The van der Waals surface area contributed by atoms with Gasteiger partial charge in [-0.2, -0.15) is 0 Å². The van der Waals surface area contributed by atoms with Crippen molar-refractivity contribution in [2.75, 3.05) is 30.9 Å². The highest BCUT2D eigenvalue weighted by Crippen LogP contribution is 2.39. The van der Waals surface area contributed by atoms with Gasteiger partial charge in [0.05, 0.1) is 0 Å². The van der Waals surface area contributed by atoms with Crippen LogP contribution in [0.3, 0.4) is 0 Å². The molecule has 5 nitrogen and oxygen atoms in total. The molecule has 2 N–H and O–H groups in total. The first-order chi connectivity index (χ1) is 9.18. The molecular formula is C14H22N4O. The fourth-order valence-electron chi connectivity index (χ4n) is 2.44. The third kappa shape index (κ3) is 2.97. The summed E-state index contributed by atoms with van der Waals surface area (Å²) in [5.41, 5.74) is 0.0818. The van der Waals surface area contributed by atoms with Gasteiger partial charge >= 0.3 is 0 Å². The van der Waals surface area contributed by atoms with Gasteiger partial charge in [-0.3, -0.25) is 0 Å². The molecule has 1 aliphatic heterocycles. The Morgan fingerprint density at radius 3 is 2.53 bits per heavy atom. The molecule has 1 saturated heterocycles. The van der Waals surface area contributed by atoms with Crippen LogP contribution in [0.15, 0.2) is 6.07 Å². The summed E-state index contributed by atoms with van der Waals surface area (Å²) in [6.07, 6.45) is 4.48. The molecule has 2 aliphatic rings. The highest BCUT2D eigenvalue weighted by molar-refractivity contribution is 5.49. The maximum atomic E-state index is 5.43. The van der Waals surface area contributed by atoms with Crippen LogP contribution < -0.4 is 10.6 Å². The SMILES string of the molecule is CNc1cc(NC2(C)CCOCC2)nc(C2CC2)n1. The van der Waals surface area contributed by atoms with Crippen LogP contribution in [0.25, 0.3) is 0 Å². The quantitative estimate of drug-likeness (QED) is 0.872. The molecule has 19 heavy (non-hydrogen) atoms. The molecule has 104 valence electrons. The Kier molecular flexibility index (Phi) is 3.31. The summed E-state index contributed by atoms with van der Waals surface area (Å²) in [5, 5.41) is 6.71. The summed E-state index contributed by atoms with van der Waals surface area (Å²) >= 11 is 0. The molecule has 0 unspecified atom stereocenters. The lowest BCUT2D eigenvalue weighted by Gasteiger charge is -2.35. The summed E-state index contributed by atoms with van der Waals surface area (Å²) in [4.78, 5) is 9.22. The van der Waals surface area contributed by atoms with Gasteiger partial charge in [-0.05, 0) is 32.6 Å². The lowest BCUT2D eigenvalue weighted by Crippen LogP contribution is -2.41. The van der Waals surface area contributed by atoms with Crippen LogP contribution in [0, 0.1) is 0 Å². The number of hydrogen-bond acceptors (Lipinski definition) is 5. The molecular weight excluding hydrogens is 240 g/mol. The van der Waals surface area contributed by atoms with Crippen molar-refractivity contribution >= 4 is 11.6 Å². The predicted octanol–water partition coefficient (Wildman–Crippen LogP) is 2.38. The van der Waals surface area contributed by atoms with Crippen LogP contribution in [0.1, 0.15) is 44.3 Å². The van der Waals surface area contributed by atoms with Crippen molar-refractivity contribution in [3.8, 4) is 0 Å². The van der Waals surface area contributed by atoms with Crippen molar-refractivity contribution < 1.29 is 4.74 Å². The fourth-order valence-corrected chi connectivity index (χ4v) is 2.44. The van der Waals surface area contributed by atoms with Gasteiger partial charge in [0.25, 0.3) is 0 Å². The zero-order chi connectivity index (χ0) is 13.3. The Morgan fingerprint density at radius 1 is 1.21 bits per heavy atom. The minimum atomic E-state index is 0.0818. The zero-order valence-corrected chi connectivity index (χ0v) is 11.7. The number of rotatable bonds is 4. The summed E-state index contributed by atoms with van der Waals surface area (Å²) in [6.45, 7) is 3.89. The molecule has 1 aliphatic carbocycles. The Hall–Kier alpha value is -1.36. The third-order valence-electron chi connectivity index (χ3n) is 3.97. The van der Waals surface area contributed by atoms with Crippen LogP contribution >= 0.6 is 0 Å².